The predicted octanol–water partition coefficient (Wildman–Crippen LogP) is 4.48. The molecule has 10 aliphatic heterocycles. The fraction of sp³-hybridized carbons (Fsp3) is 0.700. The van der Waals surface area contributed by atoms with Gasteiger partial charge in [0.15, 0.2) is 11.4 Å². The lowest BCUT2D eigenvalue weighted by atomic mass is 9.44. The molecule has 0 radical (unpaired) electrons. The molecule has 12 aliphatic rings. The summed E-state index contributed by atoms with van der Waals surface area (Å²) in [6, 6.07) is 20.3. The maximum atomic E-state index is 8.78. The van der Waals surface area contributed by atoms with Crippen molar-refractivity contribution in [3.63, 3.8) is 0 Å². The van der Waals surface area contributed by atoms with E-state index in [1.807, 2.05) is 0 Å². The van der Waals surface area contributed by atoms with E-state index in [1.165, 1.54) is 63.0 Å². The molecule has 0 N–H and O–H groups in total. The molecule has 14 rings (SSSR count). The Kier molecular flexibility index (Phi) is 4.01. The van der Waals surface area contributed by atoms with E-state index in [4.69, 9.17) is 14.2 Å². The van der Waals surface area contributed by atoms with Gasteiger partial charge in [0.1, 0.15) is 0 Å². The van der Waals surface area contributed by atoms with Gasteiger partial charge in [0.05, 0.1) is 35.2 Å². The van der Waals surface area contributed by atoms with Crippen LogP contribution in [-0.4, -0.2) is 97.0 Å². The summed E-state index contributed by atoms with van der Waals surface area (Å²) in [6.45, 7) is 11.7. The summed E-state index contributed by atoms with van der Waals surface area (Å²) in [5.41, 5.74) is 5.78. The molecule has 0 unspecified atom stereocenters. The van der Waals surface area contributed by atoms with Gasteiger partial charge in [0.2, 0.25) is 0 Å². The van der Waals surface area contributed by atoms with Gasteiger partial charge >= 0.3 is 0 Å². The maximum absolute atomic E-state index is 8.78. The number of rotatable bonds is 2. The SMILES string of the molecule is CC[C@@]12C[C@@H]3CN4c5ccccc5[C@@]56CCN7C[C@@H]8O[C@H]8[C@@](CC)(C[C@H]8CN9c%10ccccc%10[C@@]%10(CCN(C[C@@H]%11O[C@H]%111)[C@@H]2%10)[C@@]39O[C@@]845)[C@H]76. The van der Waals surface area contributed by atoms with Gasteiger partial charge in [0, 0.05) is 72.3 Å². The van der Waals surface area contributed by atoms with Crippen LogP contribution in [0.4, 0.5) is 11.4 Å². The normalized spacial score (nSPS) is 56.9. The molecule has 2 aromatic rings. The summed E-state index contributed by atoms with van der Waals surface area (Å²) >= 11 is 0. The average Bonchev–Trinajstić information content (AvgIpc) is 3.95. The maximum Gasteiger partial charge on any atom is 0.160 e. The molecule has 2 aliphatic carbocycles. The Morgan fingerprint density at radius 3 is 1.57 bits per heavy atom. The molecule has 4 spiro atoms. The quantitative estimate of drug-likeness (QED) is 0.454. The second kappa shape index (κ2) is 7.32. The lowest BCUT2D eigenvalue weighted by Gasteiger charge is -2.77. The first-order chi connectivity index (χ1) is 23.0. The van der Waals surface area contributed by atoms with Crippen LogP contribution in [0.2, 0.25) is 0 Å². The average molecular weight is 631 g/mol. The molecule has 244 valence electrons. The van der Waals surface area contributed by atoms with Gasteiger partial charge in [-0.3, -0.25) is 9.80 Å². The Balaban J connectivity index is 1.08. The Labute approximate surface area is 277 Å². The van der Waals surface area contributed by atoms with Gasteiger partial charge in [-0.25, -0.2) is 0 Å². The highest BCUT2D eigenvalue weighted by molar-refractivity contribution is 5.75. The van der Waals surface area contributed by atoms with E-state index in [-0.39, 0.29) is 33.1 Å². The third-order valence-corrected chi connectivity index (χ3v) is 17.7. The standard InChI is InChI=1S/C40H46N4O3/c1-3-35-17-23-19-43-28-12-8-6-10-26(28)38-14-16-42-22-30-32(46-30)36(4-2,34(38)42)18-24-20-44-27-11-7-5-9-25(27)37(39(23,44)47-40(24,38)43)13-15-41(33(35)37)21-29-31(35)45-29/h5-12,23-24,29-34H,3-4,13-22H2,1-2H3/t23-,24+,29-,30-,31+,32+,33-,34-,35+,36+,37+,38+,39+,40-/m0/s1. The number of fused-ring (bicyclic) bond motifs is 8. The van der Waals surface area contributed by atoms with Crippen molar-refractivity contribution in [3.05, 3.63) is 59.7 Å². The molecule has 2 bridgehead atoms. The first-order valence-corrected chi connectivity index (χ1v) is 19.3. The molecular formula is C40H46N4O3. The van der Waals surface area contributed by atoms with Crippen molar-refractivity contribution in [3.8, 4) is 0 Å². The Morgan fingerprint density at radius 2 is 1.11 bits per heavy atom. The zero-order valence-corrected chi connectivity index (χ0v) is 27.7. The van der Waals surface area contributed by atoms with Crippen molar-refractivity contribution in [2.45, 2.75) is 111 Å². The molecular weight excluding hydrogens is 584 g/mol. The zero-order chi connectivity index (χ0) is 30.5. The van der Waals surface area contributed by atoms with Crippen molar-refractivity contribution in [2.24, 2.45) is 22.7 Å². The molecule has 2 saturated carbocycles. The lowest BCUT2D eigenvalue weighted by molar-refractivity contribution is -0.337. The molecule has 0 aromatic heterocycles. The van der Waals surface area contributed by atoms with Crippen molar-refractivity contribution in [1.29, 1.82) is 0 Å². The van der Waals surface area contributed by atoms with E-state index in [0.717, 1.165) is 26.2 Å². The molecule has 7 nitrogen and oxygen atoms in total. The topological polar surface area (TPSA) is 47.2 Å². The van der Waals surface area contributed by atoms with Crippen LogP contribution in [0.1, 0.15) is 63.5 Å². The molecule has 47 heavy (non-hydrogen) atoms. The highest BCUT2D eigenvalue weighted by Crippen LogP contribution is 2.81. The van der Waals surface area contributed by atoms with Gasteiger partial charge in [-0.05, 0) is 74.9 Å². The number of ether oxygens (including phenoxy) is 3. The third kappa shape index (κ3) is 2.18. The first kappa shape index (κ1) is 25.8. The summed E-state index contributed by atoms with van der Waals surface area (Å²) in [5.74, 6) is 0.836. The number of hydrogen-bond acceptors (Lipinski definition) is 7. The molecule has 2 aromatic carbocycles. The number of anilines is 2. The Hall–Kier alpha value is -2.16. The minimum Gasteiger partial charge on any atom is -0.368 e. The summed E-state index contributed by atoms with van der Waals surface area (Å²) in [6.07, 6.45) is 8.87. The summed E-state index contributed by atoms with van der Waals surface area (Å²) in [5, 5.41) is 0. The van der Waals surface area contributed by atoms with Gasteiger partial charge in [-0.15, -0.1) is 0 Å². The number of hydrogen-bond donors (Lipinski definition) is 0. The number of para-hydroxylation sites is 2. The molecule has 10 heterocycles. The van der Waals surface area contributed by atoms with Gasteiger partial charge in [0.25, 0.3) is 0 Å². The van der Waals surface area contributed by atoms with Crippen LogP contribution in [0, 0.1) is 22.7 Å². The second-order valence-corrected chi connectivity index (χ2v) is 18.2. The molecule has 8 saturated heterocycles. The number of epoxide rings is 2. The van der Waals surface area contributed by atoms with Gasteiger partial charge in [-0.1, -0.05) is 50.2 Å². The highest BCUT2D eigenvalue weighted by atomic mass is 16.6. The van der Waals surface area contributed by atoms with Crippen LogP contribution >= 0.6 is 0 Å². The van der Waals surface area contributed by atoms with Gasteiger partial charge in [-0.2, -0.15) is 0 Å². The fourth-order valence-corrected chi connectivity index (χ4v) is 16.8. The van der Waals surface area contributed by atoms with E-state index in [0.29, 0.717) is 48.3 Å². The van der Waals surface area contributed by atoms with Crippen LogP contribution in [0.5, 0.6) is 0 Å². The third-order valence-electron chi connectivity index (χ3n) is 17.7. The van der Waals surface area contributed by atoms with E-state index in [2.05, 4.69) is 82.0 Å². The van der Waals surface area contributed by atoms with Crippen molar-refractivity contribution < 1.29 is 14.2 Å². The van der Waals surface area contributed by atoms with Crippen LogP contribution in [0.3, 0.4) is 0 Å². The van der Waals surface area contributed by atoms with Crippen LogP contribution in [-0.2, 0) is 25.0 Å². The minimum atomic E-state index is -0.328. The Morgan fingerprint density at radius 1 is 0.638 bits per heavy atom. The summed E-state index contributed by atoms with van der Waals surface area (Å²) in [4.78, 5) is 11.7. The predicted molar refractivity (Wildman–Crippen MR) is 176 cm³/mol. The minimum absolute atomic E-state index is 0.0456. The van der Waals surface area contributed by atoms with E-state index >= 15 is 0 Å². The van der Waals surface area contributed by atoms with Crippen molar-refractivity contribution in [2.75, 3.05) is 49.1 Å². The molecule has 7 heteroatoms. The smallest absolute Gasteiger partial charge is 0.160 e. The molecule has 14 atom stereocenters. The summed E-state index contributed by atoms with van der Waals surface area (Å²) in [7, 11) is 0. The number of nitrogens with zero attached hydrogens (tertiary/aromatic N) is 4. The highest BCUT2D eigenvalue weighted by Gasteiger charge is 2.91. The molecule has 10 fully saturated rings. The zero-order valence-electron chi connectivity index (χ0n) is 27.7. The number of piperidine rings is 2. The van der Waals surface area contributed by atoms with E-state index < -0.39 is 0 Å². The van der Waals surface area contributed by atoms with E-state index in [9.17, 15) is 0 Å². The first-order valence-electron chi connectivity index (χ1n) is 19.3. The van der Waals surface area contributed by atoms with Crippen LogP contribution in [0.25, 0.3) is 0 Å². The Bertz CT molecular complexity index is 1710. The second-order valence-electron chi connectivity index (χ2n) is 18.2. The van der Waals surface area contributed by atoms with Crippen LogP contribution in [0.15, 0.2) is 48.5 Å². The monoisotopic (exact) mass is 630 g/mol. The fourth-order valence-electron chi connectivity index (χ4n) is 16.8. The number of benzene rings is 2. The van der Waals surface area contributed by atoms with Crippen molar-refractivity contribution in [1.82, 2.24) is 9.80 Å². The van der Waals surface area contributed by atoms with Gasteiger partial charge < -0.3 is 24.0 Å². The largest absolute Gasteiger partial charge is 0.368 e. The van der Waals surface area contributed by atoms with Crippen molar-refractivity contribution >= 4 is 11.4 Å². The summed E-state index contributed by atoms with van der Waals surface area (Å²) < 4.78 is 22.1. The molecule has 0 amide bonds. The van der Waals surface area contributed by atoms with Crippen LogP contribution < -0.4 is 9.80 Å². The van der Waals surface area contributed by atoms with E-state index in [1.54, 1.807) is 11.1 Å². The lowest BCUT2D eigenvalue weighted by Crippen LogP contribution is -2.90.